The van der Waals surface area contributed by atoms with Crippen molar-refractivity contribution in [1.82, 2.24) is 4.98 Å². The first kappa shape index (κ1) is 17.8. The largest absolute Gasteiger partial charge is 0.574 e. The fourth-order valence-electron chi connectivity index (χ4n) is 1.22. The van der Waals surface area contributed by atoms with E-state index in [4.69, 9.17) is 0 Å². The Morgan fingerprint density at radius 1 is 1.29 bits per heavy atom. The lowest BCUT2D eigenvalue weighted by Gasteiger charge is -2.16. The van der Waals surface area contributed by atoms with E-state index in [1.54, 1.807) is 0 Å². The number of rotatable bonds is 3. The van der Waals surface area contributed by atoms with Gasteiger partial charge in [-0.3, -0.25) is 0 Å². The molecule has 11 heteroatoms. The lowest BCUT2D eigenvalue weighted by molar-refractivity contribution is -0.277. The van der Waals surface area contributed by atoms with E-state index in [2.05, 4.69) is 14.5 Å². The summed E-state index contributed by atoms with van der Waals surface area (Å²) in [5.74, 6) is -2.80. The number of hydrogen-bond acceptors (Lipinski definition) is 4. The first-order chi connectivity index (χ1) is 9.45. The van der Waals surface area contributed by atoms with Crippen LogP contribution in [0.1, 0.15) is 22.8 Å². The second kappa shape index (κ2) is 6.23. The molecule has 1 aromatic heterocycles. The molecule has 1 aromatic rings. The molecule has 21 heavy (non-hydrogen) atoms. The van der Waals surface area contributed by atoms with Gasteiger partial charge in [0.2, 0.25) is 5.88 Å². The molecule has 0 aliphatic carbocycles. The number of nitrogens with zero attached hydrogens (tertiary/aromatic N) is 1. The summed E-state index contributed by atoms with van der Waals surface area (Å²) in [6.07, 6.45) is -10.5. The molecule has 0 fully saturated rings. The fourth-order valence-corrected chi connectivity index (χ4v) is 1.81. The molecule has 0 saturated heterocycles. The zero-order valence-corrected chi connectivity index (χ0v) is 12.3. The van der Waals surface area contributed by atoms with Gasteiger partial charge in [0.15, 0.2) is 0 Å². The molecule has 0 bridgehead atoms. The van der Waals surface area contributed by atoms with E-state index in [-0.39, 0.29) is 12.7 Å². The van der Waals surface area contributed by atoms with Crippen molar-refractivity contribution in [1.29, 1.82) is 0 Å². The maximum atomic E-state index is 12.7. The minimum absolute atomic E-state index is 0.114. The van der Waals surface area contributed by atoms with Gasteiger partial charge in [-0.25, -0.2) is 9.78 Å². The third kappa shape index (κ3) is 4.89. The maximum absolute atomic E-state index is 12.7. The zero-order chi connectivity index (χ0) is 16.4. The van der Waals surface area contributed by atoms with Gasteiger partial charge >= 0.3 is 18.5 Å². The highest BCUT2D eigenvalue weighted by molar-refractivity contribution is 14.1. The van der Waals surface area contributed by atoms with Crippen molar-refractivity contribution < 1.29 is 40.6 Å². The molecule has 0 atom stereocenters. The lowest BCUT2D eigenvalue weighted by Crippen LogP contribution is -2.22. The van der Waals surface area contributed by atoms with Crippen LogP contribution in [0.5, 0.6) is 5.88 Å². The highest BCUT2D eigenvalue weighted by atomic mass is 127. The fraction of sp³-hybridized carbons (Fsp3) is 0.400. The van der Waals surface area contributed by atoms with E-state index in [1.165, 1.54) is 29.5 Å². The van der Waals surface area contributed by atoms with Crippen LogP contribution in [0.15, 0.2) is 6.07 Å². The van der Waals surface area contributed by atoms with E-state index in [0.717, 1.165) is 0 Å². The SMILES string of the molecule is CCOC(=O)c1cc(C(F)(F)F)c(OC(F)(F)F)nc1I. The average Bonchev–Trinajstić information content (AvgIpc) is 2.25. The van der Waals surface area contributed by atoms with E-state index >= 15 is 0 Å². The minimum atomic E-state index is -5.35. The molecule has 0 amide bonds. The maximum Gasteiger partial charge on any atom is 0.574 e. The van der Waals surface area contributed by atoms with E-state index in [0.29, 0.717) is 0 Å². The number of hydrogen-bond donors (Lipinski definition) is 0. The molecular weight excluding hydrogens is 423 g/mol. The topological polar surface area (TPSA) is 48.4 Å². The van der Waals surface area contributed by atoms with Crippen LogP contribution in [-0.2, 0) is 10.9 Å². The van der Waals surface area contributed by atoms with Crippen LogP contribution >= 0.6 is 22.6 Å². The van der Waals surface area contributed by atoms with Crippen LogP contribution in [-0.4, -0.2) is 23.9 Å². The Labute approximate surface area is 127 Å². The molecule has 0 aliphatic rings. The van der Waals surface area contributed by atoms with Crippen molar-refractivity contribution in [2.75, 3.05) is 6.61 Å². The van der Waals surface area contributed by atoms with Gasteiger partial charge in [0.25, 0.3) is 0 Å². The molecule has 0 saturated carbocycles. The van der Waals surface area contributed by atoms with Crippen LogP contribution in [0.4, 0.5) is 26.3 Å². The highest BCUT2D eigenvalue weighted by Gasteiger charge is 2.41. The van der Waals surface area contributed by atoms with Crippen molar-refractivity contribution in [3.8, 4) is 5.88 Å². The van der Waals surface area contributed by atoms with Crippen LogP contribution in [0, 0.1) is 3.70 Å². The summed E-state index contributed by atoms with van der Waals surface area (Å²) in [5, 5.41) is 0. The van der Waals surface area contributed by atoms with Gasteiger partial charge in [0.1, 0.15) is 9.26 Å². The summed E-state index contributed by atoms with van der Waals surface area (Å²) >= 11 is 1.31. The predicted octanol–water partition coefficient (Wildman–Crippen LogP) is 3.78. The smallest absolute Gasteiger partial charge is 0.462 e. The number of halogens is 7. The number of carbonyl (C=O) groups excluding carboxylic acids is 1. The summed E-state index contributed by atoms with van der Waals surface area (Å²) < 4.78 is 81.9. The number of aromatic nitrogens is 1. The van der Waals surface area contributed by atoms with Crippen molar-refractivity contribution >= 4 is 28.6 Å². The molecule has 0 aromatic carbocycles. The molecule has 1 rings (SSSR count). The molecule has 0 aliphatic heterocycles. The van der Waals surface area contributed by atoms with Gasteiger partial charge in [-0.15, -0.1) is 13.2 Å². The van der Waals surface area contributed by atoms with Crippen molar-refractivity contribution in [3.63, 3.8) is 0 Å². The third-order valence-corrected chi connectivity index (χ3v) is 2.78. The number of ether oxygens (including phenoxy) is 2. The molecule has 4 nitrogen and oxygen atoms in total. The molecule has 0 N–H and O–H groups in total. The Morgan fingerprint density at radius 3 is 2.29 bits per heavy atom. The first-order valence-electron chi connectivity index (χ1n) is 5.16. The quantitative estimate of drug-likeness (QED) is 0.318. The van der Waals surface area contributed by atoms with Crippen LogP contribution in [0.2, 0.25) is 0 Å². The van der Waals surface area contributed by atoms with E-state index in [9.17, 15) is 31.1 Å². The Morgan fingerprint density at radius 2 is 1.86 bits per heavy atom. The predicted molar refractivity (Wildman–Crippen MR) is 64.6 cm³/mol. The summed E-state index contributed by atoms with van der Waals surface area (Å²) in [5.41, 5.74) is -2.41. The number of alkyl halides is 6. The second-order valence-corrected chi connectivity index (χ2v) is 4.47. The van der Waals surface area contributed by atoms with Gasteiger partial charge in [-0.05, 0) is 35.6 Å². The molecular formula is C10H6F6INO3. The Bertz CT molecular complexity index is 543. The summed E-state index contributed by atoms with van der Waals surface area (Å²) in [6.45, 7) is 1.31. The van der Waals surface area contributed by atoms with Gasteiger partial charge in [0, 0.05) is 0 Å². The van der Waals surface area contributed by atoms with Crippen molar-refractivity contribution in [2.45, 2.75) is 19.5 Å². The molecule has 0 spiro atoms. The zero-order valence-electron chi connectivity index (χ0n) is 10.1. The van der Waals surface area contributed by atoms with Gasteiger partial charge in [0.05, 0.1) is 12.2 Å². The average molecular weight is 429 g/mol. The van der Waals surface area contributed by atoms with E-state index in [1.807, 2.05) is 0 Å². The summed E-state index contributed by atoms with van der Waals surface area (Å²) in [7, 11) is 0. The first-order valence-corrected chi connectivity index (χ1v) is 6.24. The second-order valence-electron chi connectivity index (χ2n) is 3.45. The van der Waals surface area contributed by atoms with Gasteiger partial charge in [-0.2, -0.15) is 13.2 Å². The standard InChI is InChI=1S/C10H6F6INO3/c1-2-20-8(19)4-3-5(9(11,12)13)7(18-6(4)17)21-10(14,15)16/h3H,2H2,1H3. The van der Waals surface area contributed by atoms with E-state index < -0.39 is 39.2 Å². The Kier molecular flexibility index (Phi) is 5.28. The number of esters is 1. The molecule has 118 valence electrons. The van der Waals surface area contributed by atoms with Crippen molar-refractivity contribution in [3.05, 3.63) is 20.9 Å². The third-order valence-electron chi connectivity index (χ3n) is 1.95. The van der Waals surface area contributed by atoms with Crippen molar-refractivity contribution in [2.24, 2.45) is 0 Å². The number of pyridine rings is 1. The minimum Gasteiger partial charge on any atom is -0.462 e. The molecule has 0 radical (unpaired) electrons. The Balaban J connectivity index is 3.40. The van der Waals surface area contributed by atoms with Crippen LogP contribution in [0.3, 0.4) is 0 Å². The molecule has 1 heterocycles. The van der Waals surface area contributed by atoms with Crippen LogP contribution in [0.25, 0.3) is 0 Å². The van der Waals surface area contributed by atoms with Gasteiger partial charge in [-0.1, -0.05) is 0 Å². The highest BCUT2D eigenvalue weighted by Crippen LogP contribution is 2.38. The van der Waals surface area contributed by atoms with Gasteiger partial charge < -0.3 is 9.47 Å². The summed E-state index contributed by atoms with van der Waals surface area (Å²) in [6, 6.07) is 0.216. The summed E-state index contributed by atoms with van der Waals surface area (Å²) in [4.78, 5) is 14.5. The van der Waals surface area contributed by atoms with Crippen LogP contribution < -0.4 is 4.74 Å². The Hall–Kier alpha value is -1.27. The number of carbonyl (C=O) groups is 1. The molecule has 0 unspecified atom stereocenters. The monoisotopic (exact) mass is 429 g/mol. The normalized spacial score (nSPS) is 12.2. The lowest BCUT2D eigenvalue weighted by atomic mass is 10.2.